The second-order valence-corrected chi connectivity index (χ2v) is 10.0. The topological polar surface area (TPSA) is 118 Å². The van der Waals surface area contributed by atoms with Crippen molar-refractivity contribution in [2.75, 3.05) is 13.1 Å². The molecule has 9 nitrogen and oxygen atoms in total. The van der Waals surface area contributed by atoms with Gasteiger partial charge in [0.2, 0.25) is 5.82 Å². The van der Waals surface area contributed by atoms with E-state index < -0.39 is 29.3 Å². The molecule has 3 aromatic carbocycles. The van der Waals surface area contributed by atoms with E-state index in [1.807, 2.05) is 97.9 Å². The number of hydrogen-bond donors (Lipinski definition) is 2. The minimum Gasteiger partial charge on any atom is -0.465 e. The van der Waals surface area contributed by atoms with Crippen molar-refractivity contribution in [3.05, 3.63) is 120 Å². The van der Waals surface area contributed by atoms with Gasteiger partial charge in [0.15, 0.2) is 0 Å². The number of rotatable bonds is 8. The molecule has 2 heterocycles. The lowest BCUT2D eigenvalue weighted by Gasteiger charge is -2.38. The molecular formula is C31H32N4O5. The zero-order chi connectivity index (χ0) is 28.2. The van der Waals surface area contributed by atoms with E-state index in [4.69, 9.17) is 4.74 Å². The third kappa shape index (κ3) is 4.84. The number of benzene rings is 3. The number of ether oxygens (including phenoxy) is 1. The van der Waals surface area contributed by atoms with E-state index >= 15 is 0 Å². The van der Waals surface area contributed by atoms with Crippen molar-refractivity contribution in [3.8, 4) is 0 Å². The fraction of sp³-hybridized carbons (Fsp3) is 0.290. The van der Waals surface area contributed by atoms with Gasteiger partial charge in [-0.2, -0.15) is 0 Å². The van der Waals surface area contributed by atoms with Gasteiger partial charge in [-0.15, -0.1) is 5.10 Å². The average molecular weight is 541 g/mol. The third-order valence-corrected chi connectivity index (χ3v) is 7.97. The molecule has 0 aliphatic carbocycles. The van der Waals surface area contributed by atoms with Gasteiger partial charge in [0.05, 0.1) is 5.41 Å². The molecule has 0 spiro atoms. The Morgan fingerprint density at radius 3 is 1.80 bits per heavy atom. The van der Waals surface area contributed by atoms with Crippen molar-refractivity contribution in [2.45, 2.75) is 38.0 Å². The van der Waals surface area contributed by atoms with E-state index in [1.54, 1.807) is 11.0 Å². The zero-order valence-electron chi connectivity index (χ0n) is 22.3. The van der Waals surface area contributed by atoms with E-state index in [9.17, 15) is 19.8 Å². The summed E-state index contributed by atoms with van der Waals surface area (Å²) in [7, 11) is 0. The van der Waals surface area contributed by atoms with Gasteiger partial charge in [-0.25, -0.2) is 14.5 Å². The van der Waals surface area contributed by atoms with Crippen LogP contribution in [0.4, 0.5) is 4.79 Å². The highest BCUT2D eigenvalue weighted by Crippen LogP contribution is 2.41. The summed E-state index contributed by atoms with van der Waals surface area (Å²) < 4.78 is 7.22. The van der Waals surface area contributed by atoms with Crippen LogP contribution < -0.4 is 0 Å². The highest BCUT2D eigenvalue weighted by molar-refractivity contribution is 5.77. The number of hydrogen-bond acceptors (Lipinski definition) is 6. The van der Waals surface area contributed by atoms with Crippen molar-refractivity contribution >= 4 is 12.1 Å². The Kier molecular flexibility index (Phi) is 7.66. The lowest BCUT2D eigenvalue weighted by Crippen LogP contribution is -2.46. The van der Waals surface area contributed by atoms with Crippen LogP contribution in [0.3, 0.4) is 0 Å². The molecule has 0 radical (unpaired) electrons. The Balaban J connectivity index is 1.50. The van der Waals surface area contributed by atoms with Crippen molar-refractivity contribution in [1.29, 1.82) is 0 Å². The summed E-state index contributed by atoms with van der Waals surface area (Å²) in [4.78, 5) is 30.3. The summed E-state index contributed by atoms with van der Waals surface area (Å²) in [5.41, 5.74) is 1.01. The number of aromatic nitrogens is 3. The summed E-state index contributed by atoms with van der Waals surface area (Å²) in [5, 5.41) is 24.9. The average Bonchev–Trinajstić information content (AvgIpc) is 3.50. The number of carbonyl (C=O) groups excluding carboxylic acids is 1. The minimum atomic E-state index is -1.69. The maximum Gasteiger partial charge on any atom is 0.407 e. The molecule has 1 unspecified atom stereocenters. The van der Waals surface area contributed by atoms with E-state index in [0.717, 1.165) is 16.7 Å². The monoisotopic (exact) mass is 540 g/mol. The van der Waals surface area contributed by atoms with E-state index in [-0.39, 0.29) is 18.9 Å². The molecular weight excluding hydrogens is 508 g/mol. The second-order valence-electron chi connectivity index (χ2n) is 10.0. The fourth-order valence-electron chi connectivity index (χ4n) is 5.59. The molecule has 1 atom stereocenters. The van der Waals surface area contributed by atoms with Crippen LogP contribution in [0, 0.1) is 5.41 Å². The molecule has 1 aliphatic heterocycles. The van der Waals surface area contributed by atoms with E-state index in [1.165, 1.54) is 4.90 Å². The molecule has 0 bridgehead atoms. The first kappa shape index (κ1) is 27.1. The quantitative estimate of drug-likeness (QED) is 0.187. The van der Waals surface area contributed by atoms with Gasteiger partial charge >= 0.3 is 12.1 Å². The Bertz CT molecular complexity index is 1340. The van der Waals surface area contributed by atoms with Crippen LogP contribution >= 0.6 is 0 Å². The van der Waals surface area contributed by atoms with Gasteiger partial charge in [-0.3, -0.25) is 4.79 Å². The van der Waals surface area contributed by atoms with Crippen molar-refractivity contribution in [1.82, 2.24) is 19.7 Å². The van der Waals surface area contributed by atoms with Gasteiger partial charge in [0.25, 0.3) is 6.29 Å². The van der Waals surface area contributed by atoms with Crippen LogP contribution in [0.2, 0.25) is 0 Å². The first-order chi connectivity index (χ1) is 19.4. The predicted octanol–water partition coefficient (Wildman–Crippen LogP) is 4.82. The number of likely N-dealkylation sites (tertiary alicyclic amines) is 1. The van der Waals surface area contributed by atoms with Crippen molar-refractivity contribution in [3.63, 3.8) is 0 Å². The Hall–Kier alpha value is -4.50. The maximum absolute atomic E-state index is 13.3. The number of aliphatic hydroxyl groups excluding tert-OH is 1. The summed E-state index contributed by atoms with van der Waals surface area (Å²) in [6.07, 6.45) is -0.0424. The molecule has 5 rings (SSSR count). The Morgan fingerprint density at radius 2 is 1.38 bits per heavy atom. The largest absolute Gasteiger partial charge is 0.465 e. The van der Waals surface area contributed by atoms with Gasteiger partial charge < -0.3 is 19.8 Å². The summed E-state index contributed by atoms with van der Waals surface area (Å²) in [5.74, 6) is -0.626. The van der Waals surface area contributed by atoms with Crippen LogP contribution in [0.15, 0.2) is 97.3 Å². The Morgan fingerprint density at radius 1 is 0.900 bits per heavy atom. The van der Waals surface area contributed by atoms with Crippen LogP contribution in [0.1, 0.15) is 55.0 Å². The number of piperidine rings is 1. The third-order valence-electron chi connectivity index (χ3n) is 7.97. The van der Waals surface area contributed by atoms with Crippen molar-refractivity contribution in [2.24, 2.45) is 5.41 Å². The normalized spacial score (nSPS) is 15.8. The summed E-state index contributed by atoms with van der Waals surface area (Å²) >= 11 is 0. The minimum absolute atomic E-state index is 0.0465. The molecule has 9 heteroatoms. The molecule has 1 amide bonds. The number of esters is 1. The standard InChI is InChI=1S/C31H32N4O5/c1-2-30(18-20-34(21-19-30)29(38)39)28(37)40-27(36)26-32-22-35(33-26)31(23-12-6-3-7-13-23,24-14-8-4-9-15-24)25-16-10-5-11-17-25/h3-17,22,27,36H,2,18-21H2,1H3,(H,38,39). The van der Waals surface area contributed by atoms with Gasteiger partial charge in [0, 0.05) is 13.1 Å². The van der Waals surface area contributed by atoms with Gasteiger partial charge in [0.1, 0.15) is 11.9 Å². The van der Waals surface area contributed by atoms with E-state index in [2.05, 4.69) is 10.1 Å². The first-order valence-corrected chi connectivity index (χ1v) is 13.4. The SMILES string of the molecule is CCC1(C(=O)OC(O)c2ncn(C(c3ccccc3)(c3ccccc3)c3ccccc3)n2)CCN(C(=O)O)CC1. The highest BCUT2D eigenvalue weighted by Gasteiger charge is 2.44. The lowest BCUT2D eigenvalue weighted by atomic mass is 9.76. The molecule has 1 aromatic heterocycles. The molecule has 2 N–H and O–H groups in total. The molecule has 4 aromatic rings. The van der Waals surface area contributed by atoms with Crippen molar-refractivity contribution < 1.29 is 24.5 Å². The molecule has 1 saturated heterocycles. The molecule has 0 saturated carbocycles. The second kappa shape index (κ2) is 11.3. The maximum atomic E-state index is 13.3. The van der Waals surface area contributed by atoms with E-state index in [0.29, 0.717) is 19.3 Å². The van der Waals surface area contributed by atoms with Gasteiger partial charge in [-0.1, -0.05) is 97.9 Å². The molecule has 1 fully saturated rings. The van der Waals surface area contributed by atoms with Crippen LogP contribution in [-0.4, -0.2) is 55.0 Å². The van der Waals surface area contributed by atoms with Gasteiger partial charge in [-0.05, 0) is 36.0 Å². The molecule has 1 aliphatic rings. The Labute approximate surface area is 232 Å². The zero-order valence-corrected chi connectivity index (χ0v) is 22.3. The van der Waals surface area contributed by atoms with Crippen LogP contribution in [0.5, 0.6) is 0 Å². The number of carbonyl (C=O) groups is 2. The highest BCUT2D eigenvalue weighted by atomic mass is 16.6. The number of amides is 1. The predicted molar refractivity (Wildman–Crippen MR) is 147 cm³/mol. The summed E-state index contributed by atoms with van der Waals surface area (Å²) in [6.45, 7) is 2.33. The number of aliphatic hydroxyl groups is 1. The molecule has 206 valence electrons. The number of nitrogens with zero attached hydrogens (tertiary/aromatic N) is 4. The lowest BCUT2D eigenvalue weighted by molar-refractivity contribution is -0.186. The fourth-order valence-corrected chi connectivity index (χ4v) is 5.59. The smallest absolute Gasteiger partial charge is 0.407 e. The number of carboxylic acid groups (broad SMARTS) is 1. The first-order valence-electron chi connectivity index (χ1n) is 13.4. The van der Waals surface area contributed by atoms with Crippen LogP contribution in [0.25, 0.3) is 0 Å². The van der Waals surface area contributed by atoms with Crippen LogP contribution in [-0.2, 0) is 15.1 Å². The molecule has 40 heavy (non-hydrogen) atoms. The summed E-state index contributed by atoms with van der Waals surface area (Å²) in [6, 6.07) is 29.7.